The first-order valence-corrected chi connectivity index (χ1v) is 13.1. The highest BCUT2D eigenvalue weighted by Crippen LogP contribution is 2.38. The minimum absolute atomic E-state index is 0.0846. The van der Waals surface area contributed by atoms with Crippen LogP contribution in [-0.4, -0.2) is 82.7 Å². The number of hydrogen-bond acceptors (Lipinski definition) is 8. The van der Waals surface area contributed by atoms with E-state index in [9.17, 15) is 19.2 Å². The van der Waals surface area contributed by atoms with Crippen LogP contribution in [0.2, 0.25) is 0 Å². The maximum Gasteiger partial charge on any atom is 0.252 e. The van der Waals surface area contributed by atoms with Gasteiger partial charge in [0.15, 0.2) is 11.5 Å². The molecule has 0 spiro atoms. The molecular formula is C28H37N5O7. The maximum absolute atomic E-state index is 13.1. The summed E-state index contributed by atoms with van der Waals surface area (Å²) >= 11 is 0. The molecule has 0 saturated carbocycles. The molecule has 2 atom stereocenters. The summed E-state index contributed by atoms with van der Waals surface area (Å²) in [4.78, 5) is 51.2. The van der Waals surface area contributed by atoms with Crippen LogP contribution in [0.3, 0.4) is 0 Å². The van der Waals surface area contributed by atoms with Crippen molar-refractivity contribution in [2.24, 2.45) is 0 Å². The van der Waals surface area contributed by atoms with Gasteiger partial charge in [-0.25, -0.2) is 0 Å². The predicted octanol–water partition coefficient (Wildman–Crippen LogP) is 0.154. The summed E-state index contributed by atoms with van der Waals surface area (Å²) < 4.78 is 16.7. The Balaban J connectivity index is 1.83. The normalized spacial score (nSPS) is 20.0. The average molecular weight is 556 g/mol. The lowest BCUT2D eigenvalue weighted by Gasteiger charge is -2.22. The molecule has 0 unspecified atom stereocenters. The Labute approximate surface area is 233 Å². The number of benzene rings is 2. The van der Waals surface area contributed by atoms with Gasteiger partial charge in [-0.2, -0.15) is 0 Å². The predicted molar refractivity (Wildman–Crippen MR) is 148 cm³/mol. The van der Waals surface area contributed by atoms with E-state index in [0.29, 0.717) is 25.3 Å². The first kappa shape index (κ1) is 30.2. The lowest BCUT2D eigenvalue weighted by atomic mass is 10.0. The van der Waals surface area contributed by atoms with Gasteiger partial charge in [-0.05, 0) is 31.0 Å². The Morgan fingerprint density at radius 3 is 2.25 bits per heavy atom. The molecule has 2 aliphatic rings. The van der Waals surface area contributed by atoms with Crippen LogP contribution >= 0.6 is 0 Å². The van der Waals surface area contributed by atoms with Crippen LogP contribution in [0.4, 0.5) is 0 Å². The zero-order valence-electron chi connectivity index (χ0n) is 23.0. The molecule has 5 N–H and O–H groups in total. The van der Waals surface area contributed by atoms with E-state index in [1.165, 1.54) is 33.3 Å². The topological polar surface area (TPSA) is 156 Å². The minimum atomic E-state index is -0.954. The number of amides is 4. The highest BCUT2D eigenvalue weighted by molar-refractivity contribution is 5.99. The average Bonchev–Trinajstić information content (AvgIpc) is 2.95. The summed E-state index contributed by atoms with van der Waals surface area (Å²) in [5.74, 6) is -0.771. The SMILES string of the molecule is COc1cc2cc(OC)c1OCCCNC(=O)CNCCNC(=O)[C@@H](Cc1ccccc1)NC(=O)[C@H](C)NC2=O. The second-order valence-corrected chi connectivity index (χ2v) is 9.18. The molecule has 2 aromatic rings. The zero-order chi connectivity index (χ0) is 28.9. The minimum Gasteiger partial charge on any atom is -0.493 e. The highest BCUT2D eigenvalue weighted by Gasteiger charge is 2.26. The van der Waals surface area contributed by atoms with Crippen LogP contribution in [-0.2, 0) is 20.8 Å². The fraction of sp³-hybridized carbons (Fsp3) is 0.429. The van der Waals surface area contributed by atoms with Crippen LogP contribution in [0.25, 0.3) is 0 Å². The molecule has 2 aromatic carbocycles. The molecule has 0 aromatic heterocycles. The van der Waals surface area contributed by atoms with Crippen LogP contribution in [0, 0.1) is 0 Å². The number of ether oxygens (including phenoxy) is 3. The smallest absolute Gasteiger partial charge is 0.252 e. The molecule has 216 valence electrons. The number of nitrogens with one attached hydrogen (secondary N) is 5. The third kappa shape index (κ3) is 8.87. The lowest BCUT2D eigenvalue weighted by molar-refractivity contribution is -0.129. The summed E-state index contributed by atoms with van der Waals surface area (Å²) in [6.45, 7) is 2.88. The molecule has 0 aliphatic carbocycles. The van der Waals surface area contributed by atoms with Gasteiger partial charge in [-0.1, -0.05) is 30.3 Å². The van der Waals surface area contributed by atoms with Gasteiger partial charge in [0.25, 0.3) is 5.91 Å². The van der Waals surface area contributed by atoms with Gasteiger partial charge in [0.05, 0.1) is 27.4 Å². The van der Waals surface area contributed by atoms with Gasteiger partial charge >= 0.3 is 0 Å². The Kier molecular flexibility index (Phi) is 11.6. The van der Waals surface area contributed by atoms with Gasteiger partial charge in [-0.3, -0.25) is 19.2 Å². The number of hydrogen-bond donors (Lipinski definition) is 5. The molecule has 4 amide bonds. The summed E-state index contributed by atoms with van der Waals surface area (Å²) in [6, 6.07) is 10.4. The van der Waals surface area contributed by atoms with Gasteiger partial charge in [0, 0.05) is 31.6 Å². The van der Waals surface area contributed by atoms with Gasteiger partial charge in [0.2, 0.25) is 23.5 Å². The molecule has 12 nitrogen and oxygen atoms in total. The van der Waals surface area contributed by atoms with Crippen molar-refractivity contribution in [3.05, 3.63) is 53.6 Å². The van der Waals surface area contributed by atoms with Crippen molar-refractivity contribution in [1.82, 2.24) is 26.6 Å². The van der Waals surface area contributed by atoms with Gasteiger partial charge in [0.1, 0.15) is 12.1 Å². The zero-order valence-corrected chi connectivity index (χ0v) is 23.0. The van der Waals surface area contributed by atoms with E-state index < -0.39 is 23.9 Å². The van der Waals surface area contributed by atoms with E-state index in [1.54, 1.807) is 0 Å². The monoisotopic (exact) mass is 555 g/mol. The molecule has 2 aliphatic heterocycles. The number of methoxy groups -OCH3 is 2. The third-order valence-electron chi connectivity index (χ3n) is 6.16. The molecule has 2 bridgehead atoms. The second kappa shape index (κ2) is 15.3. The summed E-state index contributed by atoms with van der Waals surface area (Å²) in [7, 11) is 2.88. The highest BCUT2D eigenvalue weighted by atomic mass is 16.5. The van der Waals surface area contributed by atoms with Crippen molar-refractivity contribution in [2.75, 3.05) is 47.0 Å². The van der Waals surface area contributed by atoms with Crippen LogP contribution in [0.5, 0.6) is 17.2 Å². The van der Waals surface area contributed by atoms with E-state index in [2.05, 4.69) is 26.6 Å². The largest absolute Gasteiger partial charge is 0.493 e. The van der Waals surface area contributed by atoms with Crippen molar-refractivity contribution in [3.63, 3.8) is 0 Å². The number of fused-ring (bicyclic) bond motifs is 19. The van der Waals surface area contributed by atoms with E-state index in [4.69, 9.17) is 14.2 Å². The first-order valence-electron chi connectivity index (χ1n) is 13.1. The molecule has 4 rings (SSSR count). The molecule has 0 saturated heterocycles. The fourth-order valence-electron chi connectivity index (χ4n) is 3.99. The first-order chi connectivity index (χ1) is 19.3. The van der Waals surface area contributed by atoms with Crippen molar-refractivity contribution in [3.8, 4) is 17.2 Å². The molecule has 0 radical (unpaired) electrons. The quantitative estimate of drug-likeness (QED) is 0.334. The maximum atomic E-state index is 13.1. The number of carbonyl (C=O) groups is 4. The molecule has 12 heteroatoms. The summed E-state index contributed by atoms with van der Waals surface area (Å²) in [6.07, 6.45) is 0.774. The molecule has 2 heterocycles. The fourth-order valence-corrected chi connectivity index (χ4v) is 3.99. The Morgan fingerprint density at radius 2 is 1.57 bits per heavy atom. The molecular weight excluding hydrogens is 518 g/mol. The van der Waals surface area contributed by atoms with Crippen LogP contribution in [0.1, 0.15) is 29.3 Å². The van der Waals surface area contributed by atoms with Gasteiger partial charge in [-0.15, -0.1) is 0 Å². The van der Waals surface area contributed by atoms with E-state index in [0.717, 1.165) is 5.56 Å². The van der Waals surface area contributed by atoms with Crippen LogP contribution in [0.15, 0.2) is 42.5 Å². The van der Waals surface area contributed by atoms with Crippen molar-refractivity contribution in [2.45, 2.75) is 31.8 Å². The number of carbonyl (C=O) groups excluding carboxylic acids is 4. The van der Waals surface area contributed by atoms with Crippen LogP contribution < -0.4 is 40.8 Å². The van der Waals surface area contributed by atoms with Crippen molar-refractivity contribution < 1.29 is 33.4 Å². The van der Waals surface area contributed by atoms with Gasteiger partial charge < -0.3 is 40.8 Å². The summed E-state index contributed by atoms with van der Waals surface area (Å²) in [5.41, 5.74) is 1.05. The Bertz CT molecular complexity index is 1150. The van der Waals surface area contributed by atoms with E-state index >= 15 is 0 Å². The Morgan fingerprint density at radius 1 is 0.875 bits per heavy atom. The van der Waals surface area contributed by atoms with E-state index in [-0.39, 0.29) is 55.0 Å². The standard InChI is InChI=1S/C28H37N5O7/c1-18-26(35)33-21(14-19-8-5-4-6-9-19)28(37)31-12-11-29-17-24(34)30-10-7-13-40-25-22(38-2)15-20(27(36)32-18)16-23(25)39-3/h4-6,8-9,15-16,18,21,29H,7,10-14,17H2,1-3H3,(H,30,34)(H,31,37)(H,32,36)(H,33,35)/t18-,21+/m0/s1. The van der Waals surface area contributed by atoms with Crippen molar-refractivity contribution in [1.29, 1.82) is 0 Å². The summed E-state index contributed by atoms with van der Waals surface area (Å²) in [5, 5.41) is 14.0. The molecule has 0 fully saturated rings. The van der Waals surface area contributed by atoms with E-state index in [1.807, 2.05) is 30.3 Å². The Hall–Kier alpha value is -4.32. The van der Waals surface area contributed by atoms with Crippen molar-refractivity contribution >= 4 is 23.6 Å². The lowest BCUT2D eigenvalue weighted by Crippen LogP contribution is -2.54. The number of rotatable bonds is 4. The second-order valence-electron chi connectivity index (χ2n) is 9.18. The molecule has 40 heavy (non-hydrogen) atoms. The third-order valence-corrected chi connectivity index (χ3v) is 6.16.